The highest BCUT2D eigenvalue weighted by Gasteiger charge is 2.06. The molecule has 0 radical (unpaired) electrons. The fraction of sp³-hybridized carbons (Fsp3) is 0. The van der Waals surface area contributed by atoms with Gasteiger partial charge in [0.05, 0.1) is 22.3 Å². The maximum Gasteiger partial charge on any atom is 0.335 e. The summed E-state index contributed by atoms with van der Waals surface area (Å²) in [4.78, 5) is 15.4. The Bertz CT molecular complexity index is 1110. The van der Waals surface area contributed by atoms with Crippen LogP contribution in [0.4, 0.5) is 0 Å². The van der Waals surface area contributed by atoms with Crippen LogP contribution in [0.3, 0.4) is 0 Å². The summed E-state index contributed by atoms with van der Waals surface area (Å²) in [5.74, 6) is -0.919. The first-order chi connectivity index (χ1) is 12.7. The third kappa shape index (κ3) is 3.00. The molecule has 0 amide bonds. The maximum atomic E-state index is 10.9. The van der Waals surface area contributed by atoms with Gasteiger partial charge in [-0.15, -0.1) is 0 Å². The van der Waals surface area contributed by atoms with Crippen LogP contribution in [-0.2, 0) is 0 Å². The highest BCUT2D eigenvalue weighted by atomic mass is 16.4. The standard InChI is InChI=1S/C22H16N2O2/c25-22(26)18-13-10-16(11-14-18)9-12-17-5-1-3-7-20(17)24-15-23-19-6-2-4-8-21(19)24/h1-15H,(H,25,26)/b12-9+. The largest absolute Gasteiger partial charge is 0.478 e. The molecule has 0 spiro atoms. The first-order valence-corrected chi connectivity index (χ1v) is 8.25. The molecule has 3 aromatic carbocycles. The number of imidazole rings is 1. The average Bonchev–Trinajstić information content (AvgIpc) is 3.11. The zero-order valence-electron chi connectivity index (χ0n) is 13.9. The van der Waals surface area contributed by atoms with Crippen molar-refractivity contribution in [3.05, 3.63) is 95.8 Å². The normalized spacial score (nSPS) is 11.2. The van der Waals surface area contributed by atoms with E-state index in [1.54, 1.807) is 24.3 Å². The van der Waals surface area contributed by atoms with E-state index in [1.807, 2.05) is 60.9 Å². The number of para-hydroxylation sites is 3. The van der Waals surface area contributed by atoms with E-state index in [0.717, 1.165) is 27.8 Å². The maximum absolute atomic E-state index is 10.9. The smallest absolute Gasteiger partial charge is 0.335 e. The fourth-order valence-electron chi connectivity index (χ4n) is 2.92. The van der Waals surface area contributed by atoms with Crippen LogP contribution in [0.25, 0.3) is 28.9 Å². The van der Waals surface area contributed by atoms with Crippen molar-refractivity contribution in [2.45, 2.75) is 0 Å². The lowest BCUT2D eigenvalue weighted by Crippen LogP contribution is -1.95. The van der Waals surface area contributed by atoms with E-state index in [2.05, 4.69) is 15.6 Å². The van der Waals surface area contributed by atoms with Crippen LogP contribution in [0, 0.1) is 0 Å². The summed E-state index contributed by atoms with van der Waals surface area (Å²) in [5, 5.41) is 8.99. The van der Waals surface area contributed by atoms with Crippen LogP contribution < -0.4 is 0 Å². The van der Waals surface area contributed by atoms with Gasteiger partial charge in [-0.25, -0.2) is 9.78 Å². The molecule has 0 atom stereocenters. The molecule has 0 saturated carbocycles. The van der Waals surface area contributed by atoms with Crippen molar-refractivity contribution >= 4 is 29.2 Å². The Hall–Kier alpha value is -3.66. The number of aromatic nitrogens is 2. The SMILES string of the molecule is O=C(O)c1ccc(/C=C/c2ccccc2-n2cnc3ccccc32)cc1. The van der Waals surface area contributed by atoms with E-state index in [1.165, 1.54) is 0 Å². The van der Waals surface area contributed by atoms with Crippen LogP contribution in [-0.4, -0.2) is 20.6 Å². The predicted molar refractivity (Wildman–Crippen MR) is 103 cm³/mol. The molecular formula is C22H16N2O2. The first kappa shape index (κ1) is 15.8. The second-order valence-electron chi connectivity index (χ2n) is 5.92. The zero-order chi connectivity index (χ0) is 17.9. The van der Waals surface area contributed by atoms with Gasteiger partial charge in [-0.05, 0) is 41.5 Å². The molecule has 1 heterocycles. The molecule has 26 heavy (non-hydrogen) atoms. The molecule has 0 fully saturated rings. The third-order valence-electron chi connectivity index (χ3n) is 4.26. The molecule has 4 aromatic rings. The average molecular weight is 340 g/mol. The second kappa shape index (κ2) is 6.69. The van der Waals surface area contributed by atoms with Gasteiger partial charge in [0.25, 0.3) is 0 Å². The van der Waals surface area contributed by atoms with E-state index in [9.17, 15) is 4.79 Å². The minimum atomic E-state index is -0.919. The minimum Gasteiger partial charge on any atom is -0.478 e. The molecular weight excluding hydrogens is 324 g/mol. The summed E-state index contributed by atoms with van der Waals surface area (Å²) < 4.78 is 2.07. The summed E-state index contributed by atoms with van der Waals surface area (Å²) in [6.45, 7) is 0. The molecule has 0 bridgehead atoms. The predicted octanol–water partition coefficient (Wildman–Crippen LogP) is 4.89. The Balaban J connectivity index is 1.71. The molecule has 4 heteroatoms. The number of hydrogen-bond acceptors (Lipinski definition) is 2. The summed E-state index contributed by atoms with van der Waals surface area (Å²) in [5.41, 5.74) is 5.33. The number of fused-ring (bicyclic) bond motifs is 1. The molecule has 0 aliphatic rings. The Kier molecular flexibility index (Phi) is 4.07. The number of nitrogens with zero attached hydrogens (tertiary/aromatic N) is 2. The van der Waals surface area contributed by atoms with Gasteiger partial charge in [-0.3, -0.25) is 4.57 Å². The van der Waals surface area contributed by atoms with Gasteiger partial charge in [0.1, 0.15) is 6.33 Å². The Morgan fingerprint density at radius 3 is 2.42 bits per heavy atom. The van der Waals surface area contributed by atoms with Crippen LogP contribution in [0.15, 0.2) is 79.1 Å². The van der Waals surface area contributed by atoms with Crippen molar-refractivity contribution in [1.29, 1.82) is 0 Å². The molecule has 0 aliphatic carbocycles. The van der Waals surface area contributed by atoms with E-state index in [4.69, 9.17) is 5.11 Å². The lowest BCUT2D eigenvalue weighted by atomic mass is 10.1. The second-order valence-corrected chi connectivity index (χ2v) is 5.92. The Labute approximate surface area is 150 Å². The van der Waals surface area contributed by atoms with Crippen LogP contribution >= 0.6 is 0 Å². The summed E-state index contributed by atoms with van der Waals surface area (Å²) in [6.07, 6.45) is 5.84. The minimum absolute atomic E-state index is 0.285. The Morgan fingerprint density at radius 2 is 1.62 bits per heavy atom. The number of aromatic carboxylic acids is 1. The molecule has 4 nitrogen and oxygen atoms in total. The summed E-state index contributed by atoms with van der Waals surface area (Å²) in [7, 11) is 0. The number of carboxylic acid groups (broad SMARTS) is 1. The highest BCUT2D eigenvalue weighted by molar-refractivity contribution is 5.88. The molecule has 0 saturated heterocycles. The van der Waals surface area contributed by atoms with E-state index in [0.29, 0.717) is 0 Å². The summed E-state index contributed by atoms with van der Waals surface area (Å²) >= 11 is 0. The van der Waals surface area contributed by atoms with Gasteiger partial charge in [0, 0.05) is 0 Å². The lowest BCUT2D eigenvalue weighted by molar-refractivity contribution is 0.0697. The fourth-order valence-corrected chi connectivity index (χ4v) is 2.92. The number of rotatable bonds is 4. The Morgan fingerprint density at radius 1 is 0.885 bits per heavy atom. The van der Waals surface area contributed by atoms with Crippen molar-refractivity contribution < 1.29 is 9.90 Å². The summed E-state index contributed by atoms with van der Waals surface area (Å²) in [6, 6.07) is 22.9. The van der Waals surface area contributed by atoms with E-state index >= 15 is 0 Å². The van der Waals surface area contributed by atoms with Gasteiger partial charge < -0.3 is 5.11 Å². The monoisotopic (exact) mass is 340 g/mol. The van der Waals surface area contributed by atoms with Crippen LogP contribution in [0.2, 0.25) is 0 Å². The molecule has 4 rings (SSSR count). The van der Waals surface area contributed by atoms with Crippen LogP contribution in [0.5, 0.6) is 0 Å². The highest BCUT2D eigenvalue weighted by Crippen LogP contribution is 2.22. The molecule has 126 valence electrons. The van der Waals surface area contributed by atoms with Gasteiger partial charge in [0.15, 0.2) is 0 Å². The topological polar surface area (TPSA) is 55.1 Å². The van der Waals surface area contributed by atoms with Crippen molar-refractivity contribution in [2.24, 2.45) is 0 Å². The molecule has 0 unspecified atom stereocenters. The van der Waals surface area contributed by atoms with E-state index in [-0.39, 0.29) is 5.56 Å². The zero-order valence-corrected chi connectivity index (χ0v) is 13.9. The quantitative estimate of drug-likeness (QED) is 0.538. The van der Waals surface area contributed by atoms with Gasteiger partial charge in [-0.1, -0.05) is 54.6 Å². The van der Waals surface area contributed by atoms with Crippen molar-refractivity contribution in [1.82, 2.24) is 9.55 Å². The number of hydrogen-bond donors (Lipinski definition) is 1. The van der Waals surface area contributed by atoms with Crippen LogP contribution in [0.1, 0.15) is 21.5 Å². The number of carbonyl (C=O) groups is 1. The van der Waals surface area contributed by atoms with Gasteiger partial charge in [0.2, 0.25) is 0 Å². The third-order valence-corrected chi connectivity index (χ3v) is 4.26. The number of benzene rings is 3. The molecule has 0 aliphatic heterocycles. The van der Waals surface area contributed by atoms with Gasteiger partial charge >= 0.3 is 5.97 Å². The van der Waals surface area contributed by atoms with Crippen molar-refractivity contribution in [3.63, 3.8) is 0 Å². The first-order valence-electron chi connectivity index (χ1n) is 8.25. The number of carboxylic acids is 1. The van der Waals surface area contributed by atoms with Crippen molar-refractivity contribution in [2.75, 3.05) is 0 Å². The van der Waals surface area contributed by atoms with E-state index < -0.39 is 5.97 Å². The van der Waals surface area contributed by atoms with Gasteiger partial charge in [-0.2, -0.15) is 0 Å². The molecule has 1 aromatic heterocycles. The van der Waals surface area contributed by atoms with Crippen molar-refractivity contribution in [3.8, 4) is 5.69 Å². The lowest BCUT2D eigenvalue weighted by Gasteiger charge is -2.08. The molecule has 1 N–H and O–H groups in total.